The molecule has 0 spiro atoms. The Morgan fingerprint density at radius 2 is 1.83 bits per heavy atom. The zero-order valence-electron chi connectivity index (χ0n) is 12.3. The molecule has 5 nitrogen and oxygen atoms in total. The third-order valence-corrected chi connectivity index (χ3v) is 3.83. The van der Waals surface area contributed by atoms with Crippen LogP contribution in [-0.4, -0.2) is 28.6 Å². The Balaban J connectivity index is 0.00000132. The molecule has 2 atom stereocenters. The third kappa shape index (κ3) is 3.82. The lowest BCUT2D eigenvalue weighted by Crippen LogP contribution is -2.46. The second-order valence-electron chi connectivity index (χ2n) is 5.12. The number of rotatable bonds is 3. The van der Waals surface area contributed by atoms with Crippen LogP contribution in [0.1, 0.15) is 17.2 Å². The second kappa shape index (κ2) is 8.26. The number of hydrogen-bond donors (Lipinski definition) is 2. The van der Waals surface area contributed by atoms with Crippen molar-refractivity contribution in [1.82, 2.24) is 4.98 Å². The van der Waals surface area contributed by atoms with Gasteiger partial charge in [0.15, 0.2) is 0 Å². The molecule has 1 aliphatic heterocycles. The summed E-state index contributed by atoms with van der Waals surface area (Å²) in [4.78, 5) is 18.1. The van der Waals surface area contributed by atoms with Crippen molar-refractivity contribution in [3.05, 3.63) is 59.9 Å². The van der Waals surface area contributed by atoms with Crippen LogP contribution in [0.25, 0.3) is 0 Å². The fourth-order valence-electron chi connectivity index (χ4n) is 2.65. The molecule has 124 valence electrons. The van der Waals surface area contributed by atoms with E-state index in [1.54, 1.807) is 29.4 Å². The first kappa shape index (κ1) is 19.4. The number of fused-ring (bicyclic) bond motifs is 1. The van der Waals surface area contributed by atoms with E-state index in [1.165, 1.54) is 0 Å². The molecule has 0 saturated heterocycles. The molecule has 3 rings (SSSR count). The van der Waals surface area contributed by atoms with Gasteiger partial charge in [-0.3, -0.25) is 9.78 Å². The fourth-order valence-corrected chi connectivity index (χ4v) is 2.65. The highest BCUT2D eigenvalue weighted by molar-refractivity contribution is 5.99. The van der Waals surface area contributed by atoms with Gasteiger partial charge in [-0.15, -0.1) is 24.8 Å². The van der Waals surface area contributed by atoms with Gasteiger partial charge in [-0.1, -0.05) is 18.2 Å². The highest BCUT2D eigenvalue weighted by Crippen LogP contribution is 2.29. The number of pyridine rings is 1. The van der Waals surface area contributed by atoms with Crippen molar-refractivity contribution >= 4 is 36.4 Å². The highest BCUT2D eigenvalue weighted by atomic mass is 35.5. The van der Waals surface area contributed by atoms with Crippen molar-refractivity contribution in [1.29, 1.82) is 0 Å². The summed E-state index contributed by atoms with van der Waals surface area (Å²) >= 11 is 0. The number of aliphatic hydroxyl groups excluding tert-OH is 1. The van der Waals surface area contributed by atoms with Crippen LogP contribution in [0, 0.1) is 0 Å². The van der Waals surface area contributed by atoms with E-state index in [0.29, 0.717) is 12.1 Å². The predicted molar refractivity (Wildman–Crippen MR) is 94.2 cm³/mol. The van der Waals surface area contributed by atoms with Crippen molar-refractivity contribution in [2.75, 3.05) is 11.4 Å². The molecule has 7 heteroatoms. The van der Waals surface area contributed by atoms with Crippen LogP contribution in [0.2, 0.25) is 0 Å². The number of carbonyl (C=O) groups excluding carboxylic acids is 1. The van der Waals surface area contributed by atoms with Gasteiger partial charge in [-0.2, -0.15) is 0 Å². The summed E-state index contributed by atoms with van der Waals surface area (Å²) in [7, 11) is 0. The molecule has 0 fully saturated rings. The van der Waals surface area contributed by atoms with E-state index < -0.39 is 12.1 Å². The van der Waals surface area contributed by atoms with E-state index >= 15 is 0 Å². The molecular formula is C16H19Cl2N3O2. The molecule has 23 heavy (non-hydrogen) atoms. The summed E-state index contributed by atoms with van der Waals surface area (Å²) in [6.45, 7) is 0.606. The minimum atomic E-state index is -1.03. The van der Waals surface area contributed by atoms with Gasteiger partial charge >= 0.3 is 0 Å². The van der Waals surface area contributed by atoms with Crippen LogP contribution < -0.4 is 10.6 Å². The molecular weight excluding hydrogens is 337 g/mol. The van der Waals surface area contributed by atoms with Crippen LogP contribution in [0.15, 0.2) is 48.8 Å². The number of carbonyl (C=O) groups is 1. The maximum absolute atomic E-state index is 12.5. The van der Waals surface area contributed by atoms with Gasteiger partial charge in [0.05, 0.1) is 0 Å². The monoisotopic (exact) mass is 355 g/mol. The second-order valence-corrected chi connectivity index (χ2v) is 5.12. The first-order valence-corrected chi connectivity index (χ1v) is 6.91. The number of aliphatic hydroxyl groups is 1. The lowest BCUT2D eigenvalue weighted by atomic mass is 10.0. The van der Waals surface area contributed by atoms with Crippen LogP contribution >= 0.6 is 24.8 Å². The number of halogens is 2. The lowest BCUT2D eigenvalue weighted by molar-refractivity contribution is -0.122. The van der Waals surface area contributed by atoms with Crippen molar-refractivity contribution in [2.45, 2.75) is 18.6 Å². The van der Waals surface area contributed by atoms with E-state index in [-0.39, 0.29) is 30.7 Å². The number of para-hydroxylation sites is 1. The maximum atomic E-state index is 12.5. The summed E-state index contributed by atoms with van der Waals surface area (Å²) < 4.78 is 0. The number of benzene rings is 1. The van der Waals surface area contributed by atoms with E-state index in [0.717, 1.165) is 17.7 Å². The Morgan fingerprint density at radius 3 is 2.52 bits per heavy atom. The Hall–Kier alpha value is -1.66. The van der Waals surface area contributed by atoms with Crippen molar-refractivity contribution < 1.29 is 9.90 Å². The Bertz CT molecular complexity index is 655. The van der Waals surface area contributed by atoms with Gasteiger partial charge < -0.3 is 15.7 Å². The molecule has 1 amide bonds. The molecule has 1 aromatic carbocycles. The number of anilines is 1. The largest absolute Gasteiger partial charge is 0.386 e. The maximum Gasteiger partial charge on any atom is 0.246 e. The van der Waals surface area contributed by atoms with E-state index in [2.05, 4.69) is 4.98 Å². The average Bonchev–Trinajstić information content (AvgIpc) is 2.97. The molecule has 2 heterocycles. The molecule has 3 N–H and O–H groups in total. The summed E-state index contributed by atoms with van der Waals surface area (Å²) in [6.07, 6.45) is 2.93. The number of amides is 1. The fraction of sp³-hybridized carbons (Fsp3) is 0.250. The average molecular weight is 356 g/mol. The van der Waals surface area contributed by atoms with Gasteiger partial charge in [0, 0.05) is 24.6 Å². The summed E-state index contributed by atoms with van der Waals surface area (Å²) in [5, 5.41) is 10.3. The Morgan fingerprint density at radius 1 is 1.17 bits per heavy atom. The number of hydrogen-bond acceptors (Lipinski definition) is 4. The van der Waals surface area contributed by atoms with Crippen molar-refractivity contribution in [3.8, 4) is 0 Å². The van der Waals surface area contributed by atoms with Crippen LogP contribution in [0.4, 0.5) is 5.69 Å². The zero-order valence-corrected chi connectivity index (χ0v) is 14.0. The minimum Gasteiger partial charge on any atom is -0.386 e. The standard InChI is InChI=1S/C16H17N3O2.2ClH/c17-14(15(20)12-5-8-18-9-6-12)16(21)19-10-7-11-3-1-2-4-13(11)19;;/h1-6,8-9,14-15,20H,7,10,17H2;2*1H. The SMILES string of the molecule is Cl.Cl.NC(C(=O)N1CCc2ccccc21)C(O)c1ccncc1. The first-order valence-electron chi connectivity index (χ1n) is 6.91. The van der Waals surface area contributed by atoms with Gasteiger partial charge in [0.2, 0.25) is 5.91 Å². The Labute approximate surface area is 147 Å². The molecule has 0 saturated carbocycles. The molecule has 2 aromatic rings. The predicted octanol–water partition coefficient (Wildman–Crippen LogP) is 1.88. The normalized spacial score (nSPS) is 15.0. The lowest BCUT2D eigenvalue weighted by Gasteiger charge is -2.24. The minimum absolute atomic E-state index is 0. The van der Waals surface area contributed by atoms with Crippen molar-refractivity contribution in [3.63, 3.8) is 0 Å². The third-order valence-electron chi connectivity index (χ3n) is 3.83. The quantitative estimate of drug-likeness (QED) is 0.880. The van der Waals surface area contributed by atoms with Crippen LogP contribution in [-0.2, 0) is 11.2 Å². The topological polar surface area (TPSA) is 79.5 Å². The van der Waals surface area contributed by atoms with Gasteiger partial charge in [0.25, 0.3) is 0 Å². The van der Waals surface area contributed by atoms with Gasteiger partial charge in [0.1, 0.15) is 12.1 Å². The van der Waals surface area contributed by atoms with Crippen LogP contribution in [0.3, 0.4) is 0 Å². The Kier molecular flexibility index (Phi) is 6.97. The molecule has 0 aliphatic carbocycles. The summed E-state index contributed by atoms with van der Waals surface area (Å²) in [5.41, 5.74) is 8.59. The summed E-state index contributed by atoms with van der Waals surface area (Å²) in [5.74, 6) is -0.260. The van der Waals surface area contributed by atoms with Crippen molar-refractivity contribution in [2.24, 2.45) is 5.73 Å². The highest BCUT2D eigenvalue weighted by Gasteiger charge is 2.32. The number of aromatic nitrogens is 1. The number of nitrogens with zero attached hydrogens (tertiary/aromatic N) is 2. The smallest absolute Gasteiger partial charge is 0.246 e. The van der Waals surface area contributed by atoms with Gasteiger partial charge in [-0.05, 0) is 35.7 Å². The first-order chi connectivity index (χ1) is 10.2. The van der Waals surface area contributed by atoms with Gasteiger partial charge in [-0.25, -0.2) is 0 Å². The molecule has 0 radical (unpaired) electrons. The molecule has 0 bridgehead atoms. The summed E-state index contributed by atoms with van der Waals surface area (Å²) in [6, 6.07) is 10.1. The molecule has 1 aliphatic rings. The van der Waals surface area contributed by atoms with Crippen LogP contribution in [0.5, 0.6) is 0 Å². The molecule has 1 aromatic heterocycles. The van der Waals surface area contributed by atoms with E-state index in [1.807, 2.05) is 24.3 Å². The zero-order chi connectivity index (χ0) is 14.8. The van der Waals surface area contributed by atoms with E-state index in [4.69, 9.17) is 5.73 Å². The van der Waals surface area contributed by atoms with E-state index in [9.17, 15) is 9.90 Å². The number of nitrogens with two attached hydrogens (primary N) is 1. The molecule has 2 unspecified atom stereocenters.